The second-order valence-corrected chi connectivity index (χ2v) is 7.40. The summed E-state index contributed by atoms with van der Waals surface area (Å²) in [6.07, 6.45) is 4.00. The summed E-state index contributed by atoms with van der Waals surface area (Å²) >= 11 is 1.49. The Morgan fingerprint density at radius 1 is 0.710 bits per heavy atom. The van der Waals surface area contributed by atoms with E-state index in [0.717, 1.165) is 33.1 Å². The number of methoxy groups -OCH3 is 4. The highest BCUT2D eigenvalue weighted by molar-refractivity contribution is 8.00. The number of nitrogens with two attached hydrogens (primary N) is 1. The van der Waals surface area contributed by atoms with Crippen LogP contribution in [0.2, 0.25) is 0 Å². The second-order valence-electron chi connectivity index (χ2n) is 6.52. The van der Waals surface area contributed by atoms with Crippen LogP contribution in [0.4, 0.5) is 11.4 Å². The van der Waals surface area contributed by atoms with E-state index in [2.05, 4.69) is 4.72 Å². The van der Waals surface area contributed by atoms with Crippen molar-refractivity contribution >= 4 is 35.5 Å². The number of rotatable bonds is 9. The van der Waals surface area contributed by atoms with Crippen molar-refractivity contribution in [3.05, 3.63) is 65.7 Å². The van der Waals surface area contributed by atoms with Gasteiger partial charge in [-0.15, -0.1) is 0 Å². The number of anilines is 2. The molecule has 0 bridgehead atoms. The fraction of sp³-hybridized carbons (Fsp3) is 0.167. The lowest BCUT2D eigenvalue weighted by molar-refractivity contribution is 0.324. The molecule has 3 rings (SSSR count). The summed E-state index contributed by atoms with van der Waals surface area (Å²) in [4.78, 5) is 1.05. The van der Waals surface area contributed by atoms with Crippen LogP contribution in [-0.2, 0) is 0 Å². The van der Waals surface area contributed by atoms with Gasteiger partial charge in [-0.1, -0.05) is 18.2 Å². The summed E-state index contributed by atoms with van der Waals surface area (Å²) in [5, 5.41) is 0. The van der Waals surface area contributed by atoms with E-state index in [1.54, 1.807) is 28.4 Å². The molecule has 0 saturated carbocycles. The molecule has 3 N–H and O–H groups in total. The molecule has 0 saturated heterocycles. The first kappa shape index (κ1) is 22.2. The normalized spacial score (nSPS) is 10.7. The van der Waals surface area contributed by atoms with Crippen LogP contribution in [-0.4, -0.2) is 28.4 Å². The lowest BCUT2D eigenvalue weighted by Gasteiger charge is -2.13. The van der Waals surface area contributed by atoms with Crippen LogP contribution >= 0.6 is 11.9 Å². The van der Waals surface area contributed by atoms with Gasteiger partial charge in [-0.05, 0) is 71.6 Å². The average molecular weight is 439 g/mol. The molecule has 3 aromatic carbocycles. The van der Waals surface area contributed by atoms with Crippen molar-refractivity contribution in [2.45, 2.75) is 4.90 Å². The third-order valence-corrected chi connectivity index (χ3v) is 5.37. The predicted octanol–water partition coefficient (Wildman–Crippen LogP) is 5.59. The van der Waals surface area contributed by atoms with Gasteiger partial charge in [0.05, 0.1) is 34.1 Å². The minimum Gasteiger partial charge on any atom is -0.495 e. The van der Waals surface area contributed by atoms with Crippen molar-refractivity contribution in [2.24, 2.45) is 0 Å². The molecule has 0 spiro atoms. The van der Waals surface area contributed by atoms with E-state index in [0.29, 0.717) is 17.2 Å². The molecule has 6 nitrogen and oxygen atoms in total. The molecule has 7 heteroatoms. The first-order chi connectivity index (χ1) is 15.1. The SMILES string of the molecule is COc1ccc(/C=C\c2cc(OC)c(OC)c(OC)c2)cc1NSc1ccc(N)cc1. The second kappa shape index (κ2) is 10.5. The zero-order chi connectivity index (χ0) is 22.2. The van der Waals surface area contributed by atoms with Gasteiger partial charge in [-0.25, -0.2) is 0 Å². The lowest BCUT2D eigenvalue weighted by atomic mass is 10.1. The zero-order valence-electron chi connectivity index (χ0n) is 18.0. The molecule has 0 aromatic heterocycles. The molecule has 0 heterocycles. The Morgan fingerprint density at radius 3 is 1.90 bits per heavy atom. The maximum absolute atomic E-state index is 5.75. The highest BCUT2D eigenvalue weighted by atomic mass is 32.2. The van der Waals surface area contributed by atoms with Crippen LogP contribution < -0.4 is 29.4 Å². The van der Waals surface area contributed by atoms with Gasteiger partial charge < -0.3 is 29.4 Å². The fourth-order valence-corrected chi connectivity index (χ4v) is 3.61. The van der Waals surface area contributed by atoms with Gasteiger partial charge in [-0.3, -0.25) is 0 Å². The summed E-state index contributed by atoms with van der Waals surface area (Å²) in [5.74, 6) is 2.54. The van der Waals surface area contributed by atoms with Crippen LogP contribution in [0, 0.1) is 0 Å². The van der Waals surface area contributed by atoms with Crippen molar-refractivity contribution < 1.29 is 18.9 Å². The molecular weight excluding hydrogens is 412 g/mol. The highest BCUT2D eigenvalue weighted by Gasteiger charge is 2.12. The molecule has 162 valence electrons. The summed E-state index contributed by atoms with van der Waals surface area (Å²) in [5.41, 5.74) is 9.30. The Kier molecular flexibility index (Phi) is 7.56. The van der Waals surface area contributed by atoms with Crippen LogP contribution in [0.15, 0.2) is 59.5 Å². The fourth-order valence-electron chi connectivity index (χ4n) is 2.95. The van der Waals surface area contributed by atoms with Gasteiger partial charge in [0.1, 0.15) is 5.75 Å². The third kappa shape index (κ3) is 5.58. The highest BCUT2D eigenvalue weighted by Crippen LogP contribution is 2.39. The van der Waals surface area contributed by atoms with Crippen molar-refractivity contribution in [1.29, 1.82) is 0 Å². The van der Waals surface area contributed by atoms with E-state index in [1.807, 2.05) is 66.7 Å². The Labute approximate surface area is 187 Å². The van der Waals surface area contributed by atoms with Crippen LogP contribution in [0.5, 0.6) is 23.0 Å². The minimum absolute atomic E-state index is 0.567. The first-order valence-electron chi connectivity index (χ1n) is 9.52. The summed E-state index contributed by atoms with van der Waals surface area (Å²) in [6, 6.07) is 17.4. The molecule has 0 aliphatic carbocycles. The number of nitrogen functional groups attached to an aromatic ring is 1. The molecule has 0 amide bonds. The van der Waals surface area contributed by atoms with Gasteiger partial charge in [0.15, 0.2) is 11.5 Å². The number of benzene rings is 3. The van der Waals surface area contributed by atoms with Crippen molar-refractivity contribution in [3.8, 4) is 23.0 Å². The third-order valence-electron chi connectivity index (χ3n) is 4.54. The maximum atomic E-state index is 5.75. The number of ether oxygens (including phenoxy) is 4. The van der Waals surface area contributed by atoms with E-state index in [9.17, 15) is 0 Å². The van der Waals surface area contributed by atoms with Crippen molar-refractivity contribution in [3.63, 3.8) is 0 Å². The van der Waals surface area contributed by atoms with E-state index in [4.69, 9.17) is 24.7 Å². The Balaban J connectivity index is 1.82. The summed E-state index contributed by atoms with van der Waals surface area (Å²) in [6.45, 7) is 0. The molecule has 0 unspecified atom stereocenters. The largest absolute Gasteiger partial charge is 0.495 e. The number of nitrogens with one attached hydrogen (secondary N) is 1. The van der Waals surface area contributed by atoms with E-state index < -0.39 is 0 Å². The van der Waals surface area contributed by atoms with Gasteiger partial charge >= 0.3 is 0 Å². The van der Waals surface area contributed by atoms with E-state index >= 15 is 0 Å². The molecule has 0 aliphatic heterocycles. The molecular formula is C24H26N2O4S. The monoisotopic (exact) mass is 438 g/mol. The van der Waals surface area contributed by atoms with Gasteiger partial charge in [0, 0.05) is 10.6 Å². The quantitative estimate of drug-likeness (QED) is 0.256. The van der Waals surface area contributed by atoms with Gasteiger partial charge in [0.25, 0.3) is 0 Å². The molecule has 0 radical (unpaired) electrons. The van der Waals surface area contributed by atoms with Crippen molar-refractivity contribution in [1.82, 2.24) is 0 Å². The Morgan fingerprint density at radius 2 is 1.32 bits per heavy atom. The maximum Gasteiger partial charge on any atom is 0.203 e. The van der Waals surface area contributed by atoms with Crippen LogP contribution in [0.3, 0.4) is 0 Å². The topological polar surface area (TPSA) is 75.0 Å². The lowest BCUT2D eigenvalue weighted by Crippen LogP contribution is -1.95. The number of hydrogen-bond acceptors (Lipinski definition) is 7. The van der Waals surface area contributed by atoms with E-state index in [1.165, 1.54) is 11.9 Å². The summed E-state index contributed by atoms with van der Waals surface area (Å²) in [7, 11) is 6.44. The Bertz CT molecular complexity index is 1030. The average Bonchev–Trinajstić information content (AvgIpc) is 2.81. The minimum atomic E-state index is 0.567. The zero-order valence-corrected chi connectivity index (χ0v) is 18.8. The molecule has 0 fully saturated rings. The summed E-state index contributed by atoms with van der Waals surface area (Å²) < 4.78 is 25.1. The molecule has 0 aliphatic rings. The number of hydrogen-bond donors (Lipinski definition) is 2. The molecule has 3 aromatic rings. The molecule has 0 atom stereocenters. The van der Waals surface area contributed by atoms with E-state index in [-0.39, 0.29) is 0 Å². The Hall–Kier alpha value is -3.45. The first-order valence-corrected chi connectivity index (χ1v) is 10.3. The van der Waals surface area contributed by atoms with Crippen molar-refractivity contribution in [2.75, 3.05) is 38.9 Å². The standard InChI is InChI=1S/C24H26N2O4S/c1-27-21-12-7-16(13-20(21)26-31-19-10-8-18(25)9-11-19)5-6-17-14-22(28-2)24(30-4)23(15-17)29-3/h5-15,26H,25H2,1-4H3/b6-5-. The van der Waals surface area contributed by atoms with Crippen LogP contribution in [0.1, 0.15) is 11.1 Å². The van der Waals surface area contributed by atoms with Crippen LogP contribution in [0.25, 0.3) is 12.2 Å². The van der Waals surface area contributed by atoms with Gasteiger partial charge in [0.2, 0.25) is 5.75 Å². The predicted molar refractivity (Wildman–Crippen MR) is 128 cm³/mol. The van der Waals surface area contributed by atoms with Gasteiger partial charge in [-0.2, -0.15) is 0 Å². The smallest absolute Gasteiger partial charge is 0.203 e. The molecule has 31 heavy (non-hydrogen) atoms.